The number of aromatic carboxylic acids is 1. The van der Waals surface area contributed by atoms with Crippen LogP contribution in [-0.2, 0) is 22.5 Å². The zero-order chi connectivity index (χ0) is 16.4. The molecule has 0 saturated heterocycles. The number of ether oxygens (including phenoxy) is 1. The second-order valence-electron chi connectivity index (χ2n) is 5.24. The summed E-state index contributed by atoms with van der Waals surface area (Å²) < 4.78 is 5.60. The fourth-order valence-electron chi connectivity index (χ4n) is 2.59. The van der Waals surface area contributed by atoms with Crippen LogP contribution in [0.15, 0.2) is 24.3 Å². The van der Waals surface area contributed by atoms with Crippen LogP contribution in [0.2, 0.25) is 0 Å². The molecule has 3 rings (SSSR count). The molecule has 6 nitrogen and oxygen atoms in total. The summed E-state index contributed by atoms with van der Waals surface area (Å²) in [6.07, 6.45) is 0.174. The highest BCUT2D eigenvalue weighted by atomic mass is 32.1. The molecule has 2 heterocycles. The number of thiazole rings is 1. The van der Waals surface area contributed by atoms with Gasteiger partial charge in [-0.1, -0.05) is 24.3 Å². The summed E-state index contributed by atoms with van der Waals surface area (Å²) in [5, 5.41) is 12.4. The number of hydrogen-bond donors (Lipinski definition) is 2. The van der Waals surface area contributed by atoms with Crippen LogP contribution in [-0.4, -0.2) is 28.6 Å². The molecule has 2 N–H and O–H groups in total. The van der Waals surface area contributed by atoms with Crippen molar-refractivity contribution in [2.45, 2.75) is 26.0 Å². The lowest BCUT2D eigenvalue weighted by molar-refractivity contribution is -0.134. The fraction of sp³-hybridized carbons (Fsp3) is 0.312. The standard InChI is InChI=1S/C16H16N2O4S/c1-9-14(16(20)21)23-12(18-9)8-17-15(19)13-11-5-3-2-4-10(11)6-7-22-13/h2-5,13H,6-8H2,1H3,(H,17,19)(H,20,21). The number of rotatable bonds is 4. The normalized spacial score (nSPS) is 16.7. The van der Waals surface area contributed by atoms with Crippen molar-refractivity contribution < 1.29 is 19.4 Å². The summed E-state index contributed by atoms with van der Waals surface area (Å²) in [4.78, 5) is 27.8. The van der Waals surface area contributed by atoms with Gasteiger partial charge in [0.15, 0.2) is 6.10 Å². The molecule has 1 aromatic heterocycles. The number of carbonyl (C=O) groups is 2. The third kappa shape index (κ3) is 3.25. The van der Waals surface area contributed by atoms with Crippen molar-refractivity contribution >= 4 is 23.2 Å². The molecule has 0 aliphatic carbocycles. The lowest BCUT2D eigenvalue weighted by Crippen LogP contribution is -2.33. The van der Waals surface area contributed by atoms with Gasteiger partial charge >= 0.3 is 5.97 Å². The van der Waals surface area contributed by atoms with E-state index in [2.05, 4.69) is 10.3 Å². The number of carbonyl (C=O) groups excluding carboxylic acids is 1. The van der Waals surface area contributed by atoms with Gasteiger partial charge in [-0.2, -0.15) is 0 Å². The molecule has 120 valence electrons. The Morgan fingerprint density at radius 1 is 1.43 bits per heavy atom. The Morgan fingerprint density at radius 2 is 2.22 bits per heavy atom. The zero-order valence-corrected chi connectivity index (χ0v) is 13.4. The maximum atomic E-state index is 12.4. The predicted octanol–water partition coefficient (Wildman–Crippen LogP) is 2.08. The van der Waals surface area contributed by atoms with Crippen molar-refractivity contribution in [3.05, 3.63) is 51.0 Å². The number of aromatic nitrogens is 1. The lowest BCUT2D eigenvalue weighted by Gasteiger charge is -2.25. The number of benzene rings is 1. The zero-order valence-electron chi connectivity index (χ0n) is 12.5. The van der Waals surface area contributed by atoms with Gasteiger partial charge in [-0.05, 0) is 24.5 Å². The topological polar surface area (TPSA) is 88.5 Å². The fourth-order valence-corrected chi connectivity index (χ4v) is 3.44. The maximum Gasteiger partial charge on any atom is 0.347 e. The number of nitrogens with one attached hydrogen (secondary N) is 1. The van der Waals surface area contributed by atoms with E-state index >= 15 is 0 Å². The summed E-state index contributed by atoms with van der Waals surface area (Å²) in [5.74, 6) is -1.23. The molecule has 0 spiro atoms. The van der Waals surface area contributed by atoms with Crippen molar-refractivity contribution in [1.29, 1.82) is 0 Å². The van der Waals surface area contributed by atoms with Crippen LogP contribution < -0.4 is 5.32 Å². The van der Waals surface area contributed by atoms with E-state index in [4.69, 9.17) is 9.84 Å². The molecule has 7 heteroatoms. The Kier molecular flexibility index (Phi) is 4.40. The van der Waals surface area contributed by atoms with Gasteiger partial charge in [0.2, 0.25) is 0 Å². The van der Waals surface area contributed by atoms with Gasteiger partial charge in [0.05, 0.1) is 18.8 Å². The highest BCUT2D eigenvalue weighted by molar-refractivity contribution is 7.13. The molecule has 1 aromatic carbocycles. The summed E-state index contributed by atoms with van der Waals surface area (Å²) in [6, 6.07) is 7.73. The first kappa shape index (κ1) is 15.6. The van der Waals surface area contributed by atoms with Gasteiger partial charge < -0.3 is 15.2 Å². The number of fused-ring (bicyclic) bond motifs is 1. The Labute approximate surface area is 137 Å². The number of carboxylic acid groups (broad SMARTS) is 1. The molecule has 2 aromatic rings. The highest BCUT2D eigenvalue weighted by Gasteiger charge is 2.27. The van der Waals surface area contributed by atoms with E-state index in [0.29, 0.717) is 17.3 Å². The van der Waals surface area contributed by atoms with E-state index in [1.807, 2.05) is 24.3 Å². The summed E-state index contributed by atoms with van der Waals surface area (Å²) in [7, 11) is 0. The number of aryl methyl sites for hydroxylation is 1. The second-order valence-corrected chi connectivity index (χ2v) is 6.33. The molecule has 1 unspecified atom stereocenters. The van der Waals surface area contributed by atoms with Crippen LogP contribution in [0, 0.1) is 6.92 Å². The molecule has 1 aliphatic rings. The first-order valence-electron chi connectivity index (χ1n) is 7.23. The number of carboxylic acids is 1. The quantitative estimate of drug-likeness (QED) is 0.895. The van der Waals surface area contributed by atoms with Crippen LogP contribution >= 0.6 is 11.3 Å². The molecule has 1 amide bonds. The summed E-state index contributed by atoms with van der Waals surface area (Å²) in [5.41, 5.74) is 2.47. The third-order valence-electron chi connectivity index (χ3n) is 3.68. The molecule has 0 bridgehead atoms. The van der Waals surface area contributed by atoms with Crippen molar-refractivity contribution in [1.82, 2.24) is 10.3 Å². The average molecular weight is 332 g/mol. The lowest BCUT2D eigenvalue weighted by atomic mass is 9.97. The number of hydrogen-bond acceptors (Lipinski definition) is 5. The average Bonchev–Trinajstić information content (AvgIpc) is 2.93. The van der Waals surface area contributed by atoms with Gasteiger partial charge in [-0.3, -0.25) is 4.79 Å². The minimum atomic E-state index is -0.998. The largest absolute Gasteiger partial charge is 0.477 e. The smallest absolute Gasteiger partial charge is 0.347 e. The minimum absolute atomic E-state index is 0.194. The van der Waals surface area contributed by atoms with Crippen LogP contribution in [0.1, 0.15) is 37.6 Å². The second kappa shape index (κ2) is 6.47. The van der Waals surface area contributed by atoms with Gasteiger partial charge in [0.1, 0.15) is 9.88 Å². The third-order valence-corrected chi connectivity index (χ3v) is 4.83. The molecular weight excluding hydrogens is 316 g/mol. The van der Waals surface area contributed by atoms with Gasteiger partial charge in [0, 0.05) is 0 Å². The Morgan fingerprint density at radius 3 is 2.96 bits per heavy atom. The van der Waals surface area contributed by atoms with Crippen molar-refractivity contribution in [2.24, 2.45) is 0 Å². The van der Waals surface area contributed by atoms with E-state index in [0.717, 1.165) is 28.9 Å². The van der Waals surface area contributed by atoms with Gasteiger partial charge in [-0.15, -0.1) is 11.3 Å². The Hall–Kier alpha value is -2.25. The summed E-state index contributed by atoms with van der Waals surface area (Å²) >= 11 is 1.08. The molecule has 0 radical (unpaired) electrons. The van der Waals surface area contributed by atoms with Crippen molar-refractivity contribution in [3.8, 4) is 0 Å². The maximum absolute atomic E-state index is 12.4. The number of nitrogens with zero attached hydrogens (tertiary/aromatic N) is 1. The van der Waals surface area contributed by atoms with E-state index < -0.39 is 12.1 Å². The van der Waals surface area contributed by atoms with Crippen LogP contribution in [0.25, 0.3) is 0 Å². The van der Waals surface area contributed by atoms with Crippen molar-refractivity contribution in [2.75, 3.05) is 6.61 Å². The van der Waals surface area contributed by atoms with Crippen molar-refractivity contribution in [3.63, 3.8) is 0 Å². The monoisotopic (exact) mass is 332 g/mol. The van der Waals surface area contributed by atoms with E-state index in [1.165, 1.54) is 0 Å². The molecule has 23 heavy (non-hydrogen) atoms. The van der Waals surface area contributed by atoms with Crippen LogP contribution in [0.3, 0.4) is 0 Å². The van der Waals surface area contributed by atoms with E-state index in [1.54, 1.807) is 6.92 Å². The highest BCUT2D eigenvalue weighted by Crippen LogP contribution is 2.27. The minimum Gasteiger partial charge on any atom is -0.477 e. The number of amides is 1. The Balaban J connectivity index is 1.69. The molecule has 0 fully saturated rings. The van der Waals surface area contributed by atoms with Crippen LogP contribution in [0.4, 0.5) is 0 Å². The Bertz CT molecular complexity index is 756. The predicted molar refractivity (Wildman–Crippen MR) is 84.5 cm³/mol. The summed E-state index contributed by atoms with van der Waals surface area (Å²) in [6.45, 7) is 2.35. The molecule has 1 atom stereocenters. The molecule has 1 aliphatic heterocycles. The molecular formula is C16H16N2O4S. The van der Waals surface area contributed by atoms with E-state index in [-0.39, 0.29) is 17.3 Å². The first-order chi connectivity index (χ1) is 11.1. The SMILES string of the molecule is Cc1nc(CNC(=O)C2OCCc3ccccc32)sc1C(=O)O. The van der Waals surface area contributed by atoms with Gasteiger partial charge in [-0.25, -0.2) is 9.78 Å². The van der Waals surface area contributed by atoms with E-state index in [9.17, 15) is 9.59 Å². The molecule has 0 saturated carbocycles. The van der Waals surface area contributed by atoms with Gasteiger partial charge in [0.25, 0.3) is 5.91 Å². The van der Waals surface area contributed by atoms with Crippen LogP contribution in [0.5, 0.6) is 0 Å². The first-order valence-corrected chi connectivity index (χ1v) is 8.04.